The van der Waals surface area contributed by atoms with E-state index < -0.39 is 0 Å². The van der Waals surface area contributed by atoms with Crippen molar-refractivity contribution < 1.29 is 9.53 Å². The molecule has 8 heteroatoms. The summed E-state index contributed by atoms with van der Waals surface area (Å²) in [6.07, 6.45) is 4.86. The highest BCUT2D eigenvalue weighted by atomic mass is 16.5. The van der Waals surface area contributed by atoms with Crippen LogP contribution in [-0.4, -0.2) is 32.6 Å². The van der Waals surface area contributed by atoms with Gasteiger partial charge >= 0.3 is 0 Å². The summed E-state index contributed by atoms with van der Waals surface area (Å²) in [4.78, 5) is 21.3. The molecule has 4 rings (SSSR count). The third-order valence-electron chi connectivity index (χ3n) is 3.87. The topological polar surface area (TPSA) is 93.4 Å². The van der Waals surface area contributed by atoms with E-state index in [4.69, 9.17) is 4.74 Å². The van der Waals surface area contributed by atoms with E-state index in [1.54, 1.807) is 42.2 Å². The minimum absolute atomic E-state index is 0.277. The van der Waals surface area contributed by atoms with Crippen molar-refractivity contribution >= 4 is 28.9 Å². The number of hydrogen-bond acceptors (Lipinski definition) is 6. The summed E-state index contributed by atoms with van der Waals surface area (Å²) in [5.41, 5.74) is 1.52. The Bertz CT molecular complexity index is 1090. The van der Waals surface area contributed by atoms with E-state index in [9.17, 15) is 4.79 Å². The lowest BCUT2D eigenvalue weighted by Gasteiger charge is -2.07. The normalized spacial score (nSPS) is 10.6. The second kappa shape index (κ2) is 7.12. The number of carbonyl (C=O) groups is 1. The molecule has 0 bridgehead atoms. The Kier molecular flexibility index (Phi) is 4.36. The van der Waals surface area contributed by atoms with Crippen molar-refractivity contribution in [3.63, 3.8) is 0 Å². The van der Waals surface area contributed by atoms with E-state index in [0.717, 1.165) is 0 Å². The van der Waals surface area contributed by atoms with Crippen LogP contribution in [0.25, 0.3) is 5.65 Å². The molecule has 0 aliphatic heterocycles. The third-order valence-corrected chi connectivity index (χ3v) is 3.87. The van der Waals surface area contributed by atoms with Gasteiger partial charge in [-0.25, -0.2) is 14.5 Å². The van der Waals surface area contributed by atoms with Crippen molar-refractivity contribution in [3.8, 4) is 5.75 Å². The fourth-order valence-electron chi connectivity index (χ4n) is 2.56. The number of hydrogen-bond donors (Lipinski definition) is 2. The van der Waals surface area contributed by atoms with Gasteiger partial charge in [0.15, 0.2) is 5.65 Å². The molecular formula is C19H16N6O2. The molecule has 3 heterocycles. The fraction of sp³-hybridized carbons (Fsp3) is 0.0526. The maximum Gasteiger partial charge on any atom is 0.261 e. The van der Waals surface area contributed by atoms with E-state index in [-0.39, 0.29) is 5.91 Å². The van der Waals surface area contributed by atoms with E-state index in [1.807, 2.05) is 30.3 Å². The Labute approximate surface area is 154 Å². The lowest BCUT2D eigenvalue weighted by Crippen LogP contribution is -2.12. The van der Waals surface area contributed by atoms with Crippen LogP contribution < -0.4 is 15.4 Å². The maximum atomic E-state index is 12.6. The summed E-state index contributed by atoms with van der Waals surface area (Å²) in [7, 11) is 1.59. The number of nitrogens with zero attached hydrogens (tertiary/aromatic N) is 4. The average Bonchev–Trinajstić information content (AvgIpc) is 3.12. The zero-order chi connectivity index (χ0) is 18.6. The molecule has 27 heavy (non-hydrogen) atoms. The number of rotatable bonds is 5. The second-order valence-corrected chi connectivity index (χ2v) is 5.67. The van der Waals surface area contributed by atoms with Crippen LogP contribution in [0.4, 0.5) is 17.3 Å². The first-order valence-electron chi connectivity index (χ1n) is 8.21. The van der Waals surface area contributed by atoms with E-state index in [0.29, 0.717) is 34.3 Å². The molecule has 0 saturated carbocycles. The first kappa shape index (κ1) is 16.5. The van der Waals surface area contributed by atoms with Crippen LogP contribution in [0.2, 0.25) is 0 Å². The highest BCUT2D eigenvalue weighted by molar-refractivity contribution is 6.08. The Morgan fingerprint density at radius 1 is 1.11 bits per heavy atom. The maximum absolute atomic E-state index is 12.6. The monoisotopic (exact) mass is 360 g/mol. The number of ether oxygens (including phenoxy) is 1. The van der Waals surface area contributed by atoms with Crippen molar-refractivity contribution in [2.24, 2.45) is 0 Å². The molecule has 4 aromatic rings. The first-order chi connectivity index (χ1) is 13.2. The Hall–Kier alpha value is -3.94. The zero-order valence-corrected chi connectivity index (χ0v) is 14.5. The van der Waals surface area contributed by atoms with Crippen LogP contribution in [-0.2, 0) is 0 Å². The van der Waals surface area contributed by atoms with Crippen LogP contribution in [0.1, 0.15) is 10.4 Å². The highest BCUT2D eigenvalue weighted by Crippen LogP contribution is 2.19. The minimum Gasteiger partial charge on any atom is -0.497 e. The summed E-state index contributed by atoms with van der Waals surface area (Å²) in [6, 6.07) is 14.5. The van der Waals surface area contributed by atoms with Gasteiger partial charge in [0.25, 0.3) is 5.91 Å². The van der Waals surface area contributed by atoms with Crippen molar-refractivity contribution in [1.82, 2.24) is 19.6 Å². The van der Waals surface area contributed by atoms with E-state index in [1.165, 1.54) is 6.20 Å². The van der Waals surface area contributed by atoms with Crippen LogP contribution >= 0.6 is 0 Å². The molecule has 134 valence electrons. The predicted octanol–water partition coefficient (Wildman–Crippen LogP) is 3.13. The molecule has 1 amide bonds. The molecule has 2 N–H and O–H groups in total. The number of anilines is 3. The molecule has 0 aliphatic rings. The number of aromatic nitrogens is 4. The van der Waals surface area contributed by atoms with E-state index >= 15 is 0 Å². The van der Waals surface area contributed by atoms with Gasteiger partial charge in [-0.1, -0.05) is 18.2 Å². The summed E-state index contributed by atoms with van der Waals surface area (Å²) >= 11 is 0. The van der Waals surface area contributed by atoms with Gasteiger partial charge in [0.2, 0.25) is 0 Å². The van der Waals surface area contributed by atoms with Gasteiger partial charge in [0.1, 0.15) is 22.9 Å². The summed E-state index contributed by atoms with van der Waals surface area (Å²) < 4.78 is 6.74. The summed E-state index contributed by atoms with van der Waals surface area (Å²) in [5, 5.41) is 10.1. The smallest absolute Gasteiger partial charge is 0.261 e. The Morgan fingerprint density at radius 2 is 1.96 bits per heavy atom. The zero-order valence-electron chi connectivity index (χ0n) is 14.5. The number of carbonyl (C=O) groups excluding carboxylic acids is 1. The Balaban J connectivity index is 1.61. The third kappa shape index (κ3) is 3.54. The molecule has 8 nitrogen and oxygen atoms in total. The van der Waals surface area contributed by atoms with Gasteiger partial charge in [0.05, 0.1) is 13.3 Å². The largest absolute Gasteiger partial charge is 0.497 e. The standard InChI is InChI=1S/C19H16N6O2/c1-27-14-7-9-20-17(11-14)23-16-8-10-25-18(24-16)15(12-21-25)19(26)22-13-5-3-2-4-6-13/h2-12H,1H3,(H,22,26)(H,20,23,24). The molecule has 3 aromatic heterocycles. The molecule has 0 spiro atoms. The second-order valence-electron chi connectivity index (χ2n) is 5.67. The van der Waals surface area contributed by atoms with Crippen LogP contribution in [0, 0.1) is 0 Å². The van der Waals surface area contributed by atoms with Gasteiger partial charge in [-0.3, -0.25) is 4.79 Å². The van der Waals surface area contributed by atoms with Crippen LogP contribution in [0.5, 0.6) is 5.75 Å². The van der Waals surface area contributed by atoms with Crippen LogP contribution in [0.3, 0.4) is 0 Å². The molecule has 0 atom stereocenters. The lowest BCUT2D eigenvalue weighted by atomic mass is 10.2. The van der Waals surface area contributed by atoms with Crippen molar-refractivity contribution in [2.45, 2.75) is 0 Å². The molecule has 1 aromatic carbocycles. The SMILES string of the molecule is COc1ccnc(Nc2ccn3ncc(C(=O)Nc4ccccc4)c3n2)c1. The number of para-hydroxylation sites is 1. The van der Waals surface area contributed by atoms with Gasteiger partial charge in [0, 0.05) is 24.1 Å². The quantitative estimate of drug-likeness (QED) is 0.568. The summed E-state index contributed by atoms with van der Waals surface area (Å²) in [5.74, 6) is 1.53. The van der Waals surface area contributed by atoms with Gasteiger partial charge in [-0.15, -0.1) is 0 Å². The number of fused-ring (bicyclic) bond motifs is 1. The van der Waals surface area contributed by atoms with Gasteiger partial charge < -0.3 is 15.4 Å². The molecule has 0 radical (unpaired) electrons. The Morgan fingerprint density at radius 3 is 2.78 bits per heavy atom. The first-order valence-corrected chi connectivity index (χ1v) is 8.21. The number of methoxy groups -OCH3 is 1. The molecule has 0 aliphatic carbocycles. The van der Waals surface area contributed by atoms with Crippen molar-refractivity contribution in [1.29, 1.82) is 0 Å². The van der Waals surface area contributed by atoms with Crippen LogP contribution in [0.15, 0.2) is 67.1 Å². The minimum atomic E-state index is -0.277. The highest BCUT2D eigenvalue weighted by Gasteiger charge is 2.15. The van der Waals surface area contributed by atoms with Crippen molar-refractivity contribution in [2.75, 3.05) is 17.7 Å². The van der Waals surface area contributed by atoms with Gasteiger partial charge in [-0.05, 0) is 24.3 Å². The predicted molar refractivity (Wildman–Crippen MR) is 101 cm³/mol. The van der Waals surface area contributed by atoms with Crippen molar-refractivity contribution in [3.05, 3.63) is 72.7 Å². The number of benzene rings is 1. The molecule has 0 fully saturated rings. The number of amides is 1. The molecule has 0 saturated heterocycles. The lowest BCUT2D eigenvalue weighted by molar-refractivity contribution is 0.102. The fourth-order valence-corrected chi connectivity index (χ4v) is 2.56. The molecule has 0 unspecified atom stereocenters. The number of pyridine rings is 1. The number of nitrogens with one attached hydrogen (secondary N) is 2. The van der Waals surface area contributed by atoms with E-state index in [2.05, 4.69) is 25.7 Å². The summed E-state index contributed by atoms with van der Waals surface area (Å²) in [6.45, 7) is 0. The average molecular weight is 360 g/mol. The molecular weight excluding hydrogens is 344 g/mol. The van der Waals surface area contributed by atoms with Gasteiger partial charge in [-0.2, -0.15) is 5.10 Å².